The van der Waals surface area contributed by atoms with Crippen LogP contribution in [0.3, 0.4) is 0 Å². The van der Waals surface area contributed by atoms with Crippen LogP contribution in [0.1, 0.15) is 6.42 Å². The molecule has 9 heteroatoms. The van der Waals surface area contributed by atoms with Crippen molar-refractivity contribution in [2.24, 2.45) is 11.8 Å². The molecule has 0 aromatic carbocycles. The summed E-state index contributed by atoms with van der Waals surface area (Å²) in [4.78, 5) is 24.8. The van der Waals surface area contributed by atoms with Gasteiger partial charge in [0, 0.05) is 25.5 Å². The lowest BCUT2D eigenvalue weighted by Crippen LogP contribution is -2.48. The van der Waals surface area contributed by atoms with Gasteiger partial charge in [0.25, 0.3) is 0 Å². The van der Waals surface area contributed by atoms with Crippen LogP contribution in [0.5, 0.6) is 0 Å². The Balaban J connectivity index is 2.25. The highest BCUT2D eigenvalue weighted by Gasteiger charge is 2.42. The number of carbonyl (C=O) groups is 2. The van der Waals surface area contributed by atoms with Gasteiger partial charge >= 0.3 is 11.9 Å². The molecule has 0 saturated carbocycles. The predicted molar refractivity (Wildman–Crippen MR) is 66.4 cm³/mol. The number of hydrogen-bond acceptors (Lipinski definition) is 4. The minimum Gasteiger partial charge on any atom is -0.481 e. The van der Waals surface area contributed by atoms with Crippen molar-refractivity contribution in [1.82, 2.24) is 9.29 Å². The van der Waals surface area contributed by atoms with E-state index in [1.54, 1.807) is 0 Å². The zero-order valence-corrected chi connectivity index (χ0v) is 11.2. The Morgan fingerprint density at radius 3 is 2.40 bits per heavy atom. The zero-order chi connectivity index (χ0) is 14.9. The molecule has 1 aromatic heterocycles. The number of nitrogens with one attached hydrogen (secondary N) is 1. The maximum Gasteiger partial charge on any atom is 0.308 e. The van der Waals surface area contributed by atoms with Gasteiger partial charge in [-0.05, 0) is 12.5 Å². The summed E-state index contributed by atoms with van der Waals surface area (Å²) < 4.78 is 25.5. The number of rotatable bonds is 4. The van der Waals surface area contributed by atoms with Crippen molar-refractivity contribution in [2.45, 2.75) is 11.3 Å². The van der Waals surface area contributed by atoms with Crippen molar-refractivity contribution in [3.05, 3.63) is 18.5 Å². The number of carboxylic acid groups (broad SMARTS) is 2. The van der Waals surface area contributed by atoms with Gasteiger partial charge in [-0.25, -0.2) is 8.42 Å². The summed E-state index contributed by atoms with van der Waals surface area (Å²) in [6, 6.07) is 1.37. The fourth-order valence-electron chi connectivity index (χ4n) is 2.30. The molecule has 0 amide bonds. The third kappa shape index (κ3) is 2.54. The molecule has 2 unspecified atom stereocenters. The minimum atomic E-state index is -3.79. The van der Waals surface area contributed by atoms with Crippen LogP contribution in [0.2, 0.25) is 0 Å². The molecule has 0 radical (unpaired) electrons. The molecule has 2 atom stereocenters. The summed E-state index contributed by atoms with van der Waals surface area (Å²) >= 11 is 0. The van der Waals surface area contributed by atoms with Crippen molar-refractivity contribution in [1.29, 1.82) is 0 Å². The van der Waals surface area contributed by atoms with Crippen molar-refractivity contribution >= 4 is 22.0 Å². The van der Waals surface area contributed by atoms with Crippen LogP contribution in [0.25, 0.3) is 0 Å². The van der Waals surface area contributed by atoms with Gasteiger partial charge in [0.1, 0.15) is 0 Å². The number of piperidine rings is 1. The van der Waals surface area contributed by atoms with E-state index >= 15 is 0 Å². The molecule has 0 spiro atoms. The van der Waals surface area contributed by atoms with Gasteiger partial charge in [-0.3, -0.25) is 9.59 Å². The molecule has 1 fully saturated rings. The highest BCUT2D eigenvalue weighted by Crippen LogP contribution is 2.28. The summed E-state index contributed by atoms with van der Waals surface area (Å²) in [5.74, 6) is -4.82. The van der Waals surface area contributed by atoms with Gasteiger partial charge in [0.2, 0.25) is 10.0 Å². The van der Waals surface area contributed by atoms with Crippen LogP contribution in [0.4, 0.5) is 0 Å². The molecule has 1 aliphatic heterocycles. The first-order valence-electron chi connectivity index (χ1n) is 5.92. The third-order valence-electron chi connectivity index (χ3n) is 3.42. The second-order valence-corrected chi connectivity index (χ2v) is 6.53. The number of carboxylic acids is 2. The largest absolute Gasteiger partial charge is 0.481 e. The number of sulfonamides is 1. The maximum absolute atomic E-state index is 12.3. The molecule has 2 rings (SSSR count). The SMILES string of the molecule is O=C(O)C1CCN(S(=O)(=O)c2cc[nH]c2)CC1C(=O)O. The lowest BCUT2D eigenvalue weighted by Gasteiger charge is -2.33. The van der Waals surface area contributed by atoms with E-state index < -0.39 is 33.8 Å². The Morgan fingerprint density at radius 1 is 1.25 bits per heavy atom. The van der Waals surface area contributed by atoms with E-state index in [2.05, 4.69) is 4.98 Å². The molecular formula is C11H14N2O6S. The van der Waals surface area contributed by atoms with E-state index in [9.17, 15) is 18.0 Å². The van der Waals surface area contributed by atoms with Gasteiger partial charge in [-0.1, -0.05) is 0 Å². The van der Waals surface area contributed by atoms with E-state index in [0.29, 0.717) is 0 Å². The normalized spacial score (nSPS) is 24.4. The number of aliphatic carboxylic acids is 2. The van der Waals surface area contributed by atoms with Gasteiger partial charge in [0.05, 0.1) is 16.7 Å². The predicted octanol–water partition coefficient (Wildman–Crippen LogP) is -0.189. The first kappa shape index (κ1) is 14.5. The van der Waals surface area contributed by atoms with E-state index in [-0.39, 0.29) is 24.4 Å². The fourth-order valence-corrected chi connectivity index (χ4v) is 3.76. The monoisotopic (exact) mass is 302 g/mol. The number of nitrogens with zero attached hydrogens (tertiary/aromatic N) is 1. The summed E-state index contributed by atoms with van der Waals surface area (Å²) in [5, 5.41) is 18.1. The Bertz CT molecular complexity index is 609. The van der Waals surface area contributed by atoms with Gasteiger partial charge in [0.15, 0.2) is 0 Å². The zero-order valence-electron chi connectivity index (χ0n) is 10.4. The minimum absolute atomic E-state index is 0.00569. The first-order valence-corrected chi connectivity index (χ1v) is 7.36. The Labute approximate surface area is 115 Å². The van der Waals surface area contributed by atoms with Crippen LogP contribution in [-0.2, 0) is 19.6 Å². The topological polar surface area (TPSA) is 128 Å². The Morgan fingerprint density at radius 2 is 1.90 bits per heavy atom. The van der Waals surface area contributed by atoms with Crippen LogP contribution in [-0.4, -0.2) is 52.9 Å². The van der Waals surface area contributed by atoms with Crippen LogP contribution >= 0.6 is 0 Å². The van der Waals surface area contributed by atoms with Gasteiger partial charge in [-0.15, -0.1) is 0 Å². The van der Waals surface area contributed by atoms with Crippen molar-refractivity contribution in [3.8, 4) is 0 Å². The maximum atomic E-state index is 12.3. The average molecular weight is 302 g/mol. The number of H-pyrrole nitrogens is 1. The van der Waals surface area contributed by atoms with E-state index in [0.717, 1.165) is 4.31 Å². The van der Waals surface area contributed by atoms with Crippen molar-refractivity contribution < 1.29 is 28.2 Å². The highest BCUT2D eigenvalue weighted by molar-refractivity contribution is 7.89. The molecule has 0 aliphatic carbocycles. The molecule has 1 aromatic rings. The smallest absolute Gasteiger partial charge is 0.308 e. The van der Waals surface area contributed by atoms with Crippen LogP contribution < -0.4 is 0 Å². The molecule has 3 N–H and O–H groups in total. The molecule has 1 aliphatic rings. The number of aromatic nitrogens is 1. The van der Waals surface area contributed by atoms with E-state index in [1.807, 2.05) is 0 Å². The number of aromatic amines is 1. The molecule has 8 nitrogen and oxygen atoms in total. The van der Waals surface area contributed by atoms with E-state index in [4.69, 9.17) is 10.2 Å². The number of hydrogen-bond donors (Lipinski definition) is 3. The molecule has 110 valence electrons. The fraction of sp³-hybridized carbons (Fsp3) is 0.455. The van der Waals surface area contributed by atoms with Crippen molar-refractivity contribution in [3.63, 3.8) is 0 Å². The summed E-state index contributed by atoms with van der Waals surface area (Å²) in [6.07, 6.45) is 2.73. The van der Waals surface area contributed by atoms with Gasteiger partial charge < -0.3 is 15.2 Å². The van der Waals surface area contributed by atoms with Crippen LogP contribution in [0, 0.1) is 11.8 Å². The second kappa shape index (κ2) is 5.25. The quantitative estimate of drug-likeness (QED) is 0.707. The summed E-state index contributed by atoms with van der Waals surface area (Å²) in [6.45, 7) is -0.339. The summed E-state index contributed by atoms with van der Waals surface area (Å²) in [5.41, 5.74) is 0. The Kier molecular flexibility index (Phi) is 3.82. The standard InChI is InChI=1S/C11H14N2O6S/c14-10(15)8-2-4-13(6-9(8)11(16)17)20(18,19)7-1-3-12-5-7/h1,3,5,8-9,12H,2,4,6H2,(H,14,15)(H,16,17). The molecule has 1 saturated heterocycles. The molecule has 2 heterocycles. The average Bonchev–Trinajstić information content (AvgIpc) is 2.92. The lowest BCUT2D eigenvalue weighted by molar-refractivity contribution is -0.156. The second-order valence-electron chi connectivity index (χ2n) is 4.59. The van der Waals surface area contributed by atoms with Crippen molar-refractivity contribution in [2.75, 3.05) is 13.1 Å². The molecular weight excluding hydrogens is 288 g/mol. The lowest BCUT2D eigenvalue weighted by atomic mass is 9.86. The Hall–Kier alpha value is -1.87. The van der Waals surface area contributed by atoms with Crippen LogP contribution in [0.15, 0.2) is 23.4 Å². The molecule has 0 bridgehead atoms. The third-order valence-corrected chi connectivity index (χ3v) is 5.28. The summed E-state index contributed by atoms with van der Waals surface area (Å²) in [7, 11) is -3.79. The van der Waals surface area contributed by atoms with Gasteiger partial charge in [-0.2, -0.15) is 4.31 Å². The molecule has 20 heavy (non-hydrogen) atoms. The van der Waals surface area contributed by atoms with E-state index in [1.165, 1.54) is 18.5 Å². The first-order chi connectivity index (χ1) is 9.34. The highest BCUT2D eigenvalue weighted by atomic mass is 32.2.